The molecule has 0 spiro atoms. The molecule has 0 heterocycles. The summed E-state index contributed by atoms with van der Waals surface area (Å²) < 4.78 is 26.7. The van der Waals surface area contributed by atoms with Gasteiger partial charge in [0, 0.05) is 21.0 Å². The van der Waals surface area contributed by atoms with E-state index >= 15 is 0 Å². The molecule has 0 aliphatic heterocycles. The lowest BCUT2D eigenvalue weighted by atomic mass is 10.3. The van der Waals surface area contributed by atoms with Gasteiger partial charge in [0.1, 0.15) is 0 Å². The van der Waals surface area contributed by atoms with Gasteiger partial charge in [0.25, 0.3) is 0 Å². The van der Waals surface area contributed by atoms with Crippen molar-refractivity contribution < 1.29 is 13.2 Å². The average molecular weight is 257 g/mol. The first-order chi connectivity index (χ1) is 7.83. The SMILES string of the molecule is CC(=O)Nc1ccccc1NS(=O)(=O)N(C)C. The second kappa shape index (κ2) is 5.15. The number of amides is 1. The Balaban J connectivity index is 3.03. The molecule has 1 aromatic rings. The molecule has 0 saturated carbocycles. The molecule has 0 atom stereocenters. The van der Waals surface area contributed by atoms with Crippen LogP contribution >= 0.6 is 0 Å². The monoisotopic (exact) mass is 257 g/mol. The van der Waals surface area contributed by atoms with Crippen molar-refractivity contribution in [2.75, 3.05) is 24.1 Å². The summed E-state index contributed by atoms with van der Waals surface area (Å²) in [6.45, 7) is 1.36. The smallest absolute Gasteiger partial charge is 0.301 e. The highest BCUT2D eigenvalue weighted by molar-refractivity contribution is 7.90. The molecule has 0 aromatic heterocycles. The molecule has 0 unspecified atom stereocenters. The average Bonchev–Trinajstić information content (AvgIpc) is 2.19. The van der Waals surface area contributed by atoms with Gasteiger partial charge in [-0.1, -0.05) is 12.1 Å². The van der Waals surface area contributed by atoms with Crippen molar-refractivity contribution in [3.63, 3.8) is 0 Å². The first-order valence-electron chi connectivity index (χ1n) is 4.90. The summed E-state index contributed by atoms with van der Waals surface area (Å²) in [7, 11) is -0.738. The zero-order chi connectivity index (χ0) is 13.1. The van der Waals surface area contributed by atoms with Gasteiger partial charge in [-0.25, -0.2) is 0 Å². The Morgan fingerprint density at radius 2 is 1.71 bits per heavy atom. The van der Waals surface area contributed by atoms with Gasteiger partial charge < -0.3 is 5.32 Å². The normalized spacial score (nSPS) is 11.3. The maximum atomic E-state index is 11.6. The molecule has 17 heavy (non-hydrogen) atoms. The lowest BCUT2D eigenvalue weighted by Crippen LogP contribution is -2.29. The lowest BCUT2D eigenvalue weighted by molar-refractivity contribution is -0.114. The third-order valence-electron chi connectivity index (χ3n) is 1.96. The Bertz CT molecular complexity index is 511. The third-order valence-corrected chi connectivity index (χ3v) is 3.40. The quantitative estimate of drug-likeness (QED) is 0.839. The summed E-state index contributed by atoms with van der Waals surface area (Å²) in [6, 6.07) is 6.58. The fourth-order valence-electron chi connectivity index (χ4n) is 1.10. The molecule has 1 rings (SSSR count). The van der Waals surface area contributed by atoms with Crippen LogP contribution < -0.4 is 10.0 Å². The minimum atomic E-state index is -3.58. The highest BCUT2D eigenvalue weighted by Crippen LogP contribution is 2.22. The highest BCUT2D eigenvalue weighted by Gasteiger charge is 2.15. The molecule has 0 fully saturated rings. The van der Waals surface area contributed by atoms with E-state index < -0.39 is 10.2 Å². The number of nitrogens with zero attached hydrogens (tertiary/aromatic N) is 1. The highest BCUT2D eigenvalue weighted by atomic mass is 32.2. The summed E-state index contributed by atoms with van der Waals surface area (Å²) >= 11 is 0. The van der Waals surface area contributed by atoms with Crippen LogP contribution in [-0.2, 0) is 15.0 Å². The van der Waals surface area contributed by atoms with E-state index in [4.69, 9.17) is 0 Å². The molecule has 2 N–H and O–H groups in total. The molecule has 1 amide bonds. The van der Waals surface area contributed by atoms with E-state index in [0.717, 1.165) is 4.31 Å². The molecule has 6 nitrogen and oxygen atoms in total. The number of benzene rings is 1. The van der Waals surface area contributed by atoms with E-state index in [1.165, 1.54) is 21.0 Å². The summed E-state index contributed by atoms with van der Waals surface area (Å²) in [5, 5.41) is 2.55. The molecular formula is C10H15N3O3S. The maximum Gasteiger partial charge on any atom is 0.301 e. The van der Waals surface area contributed by atoms with Gasteiger partial charge in [-0.15, -0.1) is 0 Å². The van der Waals surface area contributed by atoms with E-state index in [1.54, 1.807) is 24.3 Å². The fourth-order valence-corrected chi connectivity index (χ4v) is 1.74. The Hall–Kier alpha value is -1.60. The molecule has 0 saturated heterocycles. The summed E-state index contributed by atoms with van der Waals surface area (Å²) in [5.74, 6) is -0.262. The largest absolute Gasteiger partial charge is 0.325 e. The Kier molecular flexibility index (Phi) is 4.08. The molecule has 0 radical (unpaired) electrons. The van der Waals surface area contributed by atoms with E-state index in [0.29, 0.717) is 11.4 Å². The van der Waals surface area contributed by atoms with Crippen LogP contribution in [0.25, 0.3) is 0 Å². The van der Waals surface area contributed by atoms with Crippen molar-refractivity contribution in [3.8, 4) is 0 Å². The summed E-state index contributed by atoms with van der Waals surface area (Å²) in [5.41, 5.74) is 0.752. The van der Waals surface area contributed by atoms with Gasteiger partial charge in [0.2, 0.25) is 5.91 Å². The predicted molar refractivity (Wildman–Crippen MR) is 67.0 cm³/mol. The van der Waals surface area contributed by atoms with Crippen molar-refractivity contribution in [2.24, 2.45) is 0 Å². The topological polar surface area (TPSA) is 78.5 Å². The van der Waals surface area contributed by atoms with E-state index in [9.17, 15) is 13.2 Å². The first-order valence-corrected chi connectivity index (χ1v) is 6.34. The van der Waals surface area contributed by atoms with Crippen LogP contribution in [0, 0.1) is 0 Å². The van der Waals surface area contributed by atoms with Crippen LogP contribution in [0.2, 0.25) is 0 Å². The second-order valence-electron chi connectivity index (χ2n) is 3.62. The van der Waals surface area contributed by atoms with Gasteiger partial charge >= 0.3 is 10.2 Å². The minimum absolute atomic E-state index is 0.262. The maximum absolute atomic E-state index is 11.6. The van der Waals surface area contributed by atoms with Crippen molar-refractivity contribution >= 4 is 27.5 Å². The predicted octanol–water partition coefficient (Wildman–Crippen LogP) is 0.863. The number of rotatable bonds is 4. The lowest BCUT2D eigenvalue weighted by Gasteiger charge is -2.16. The number of carbonyl (C=O) groups excluding carboxylic acids is 1. The van der Waals surface area contributed by atoms with Crippen LogP contribution in [-0.4, -0.2) is 32.7 Å². The number of anilines is 2. The molecular weight excluding hydrogens is 242 g/mol. The van der Waals surface area contributed by atoms with Crippen LogP contribution in [0.15, 0.2) is 24.3 Å². The fraction of sp³-hybridized carbons (Fsp3) is 0.300. The molecule has 0 aliphatic carbocycles. The Morgan fingerprint density at radius 3 is 2.18 bits per heavy atom. The van der Waals surface area contributed by atoms with Crippen LogP contribution in [0.4, 0.5) is 11.4 Å². The molecule has 7 heteroatoms. The van der Waals surface area contributed by atoms with E-state index in [2.05, 4.69) is 10.0 Å². The zero-order valence-corrected chi connectivity index (χ0v) is 10.7. The Morgan fingerprint density at radius 1 is 1.18 bits per heavy atom. The van der Waals surface area contributed by atoms with Crippen molar-refractivity contribution in [1.82, 2.24) is 4.31 Å². The van der Waals surface area contributed by atoms with Gasteiger partial charge in [0.15, 0.2) is 0 Å². The molecule has 0 bridgehead atoms. The van der Waals surface area contributed by atoms with Gasteiger partial charge in [-0.3, -0.25) is 9.52 Å². The third kappa shape index (κ3) is 3.72. The van der Waals surface area contributed by atoms with Gasteiger partial charge in [-0.2, -0.15) is 12.7 Å². The second-order valence-corrected chi connectivity index (χ2v) is 5.50. The van der Waals surface area contributed by atoms with Gasteiger partial charge in [-0.05, 0) is 12.1 Å². The van der Waals surface area contributed by atoms with Crippen molar-refractivity contribution in [2.45, 2.75) is 6.92 Å². The van der Waals surface area contributed by atoms with Crippen molar-refractivity contribution in [1.29, 1.82) is 0 Å². The van der Waals surface area contributed by atoms with Crippen LogP contribution in [0.5, 0.6) is 0 Å². The minimum Gasteiger partial charge on any atom is -0.325 e. The van der Waals surface area contributed by atoms with Crippen LogP contribution in [0.1, 0.15) is 6.92 Å². The van der Waals surface area contributed by atoms with Gasteiger partial charge in [0.05, 0.1) is 11.4 Å². The van der Waals surface area contributed by atoms with E-state index in [1.807, 2.05) is 0 Å². The molecule has 0 aliphatic rings. The Labute approximate surface area is 101 Å². The molecule has 1 aromatic carbocycles. The zero-order valence-electron chi connectivity index (χ0n) is 9.89. The van der Waals surface area contributed by atoms with Crippen LogP contribution in [0.3, 0.4) is 0 Å². The van der Waals surface area contributed by atoms with E-state index in [-0.39, 0.29) is 5.91 Å². The summed E-state index contributed by atoms with van der Waals surface area (Å²) in [4.78, 5) is 11.0. The molecule has 94 valence electrons. The number of para-hydroxylation sites is 2. The number of hydrogen-bond donors (Lipinski definition) is 2. The van der Waals surface area contributed by atoms with Crippen molar-refractivity contribution in [3.05, 3.63) is 24.3 Å². The summed E-state index contributed by atoms with van der Waals surface area (Å²) in [6.07, 6.45) is 0. The number of nitrogens with one attached hydrogen (secondary N) is 2. The standard InChI is InChI=1S/C10H15N3O3S/c1-8(14)11-9-6-4-5-7-10(9)12-17(15,16)13(2)3/h4-7,12H,1-3H3,(H,11,14). The first kappa shape index (κ1) is 13.5. The number of carbonyl (C=O) groups is 1. The number of hydrogen-bond acceptors (Lipinski definition) is 3.